The van der Waals surface area contributed by atoms with Crippen LogP contribution >= 0.6 is 23.5 Å². The van der Waals surface area contributed by atoms with E-state index in [9.17, 15) is 0 Å². The zero-order chi connectivity index (χ0) is 13.8. The molecular formula is C13H14ClN3OS. The van der Waals surface area contributed by atoms with Gasteiger partial charge in [0.1, 0.15) is 0 Å². The molecular weight excluding hydrogens is 282 g/mol. The number of hydrogen-bond acceptors (Lipinski definition) is 5. The molecule has 0 aliphatic carbocycles. The molecule has 0 radical (unpaired) electrons. The van der Waals surface area contributed by atoms with Gasteiger partial charge in [0.05, 0.1) is 7.11 Å². The van der Waals surface area contributed by atoms with Crippen LogP contribution in [0.1, 0.15) is 5.69 Å². The van der Waals surface area contributed by atoms with Gasteiger partial charge in [0.15, 0.2) is 0 Å². The largest absolute Gasteiger partial charge is 0.481 e. The Labute approximate surface area is 121 Å². The van der Waals surface area contributed by atoms with Gasteiger partial charge in [-0.3, -0.25) is 4.31 Å². The van der Waals surface area contributed by atoms with Gasteiger partial charge in [0, 0.05) is 28.7 Å². The number of aromatic nitrogens is 2. The Morgan fingerprint density at radius 2 is 1.89 bits per heavy atom. The van der Waals surface area contributed by atoms with Gasteiger partial charge in [-0.05, 0) is 43.1 Å². The van der Waals surface area contributed by atoms with Crippen LogP contribution in [-0.4, -0.2) is 24.1 Å². The summed E-state index contributed by atoms with van der Waals surface area (Å²) >= 11 is 7.39. The number of hydrogen-bond donors (Lipinski definition) is 0. The zero-order valence-corrected chi connectivity index (χ0v) is 12.5. The molecule has 4 nitrogen and oxygen atoms in total. The number of rotatable bonds is 4. The Bertz CT molecular complexity index is 562. The second-order valence-corrected chi connectivity index (χ2v) is 5.53. The summed E-state index contributed by atoms with van der Waals surface area (Å²) in [7, 11) is 3.51. The van der Waals surface area contributed by atoms with Gasteiger partial charge in [-0.15, -0.1) is 0 Å². The Kier molecular flexibility index (Phi) is 4.50. The summed E-state index contributed by atoms with van der Waals surface area (Å²) in [4.78, 5) is 9.76. The van der Waals surface area contributed by atoms with E-state index >= 15 is 0 Å². The summed E-state index contributed by atoms with van der Waals surface area (Å²) in [6, 6.07) is 9.42. The van der Waals surface area contributed by atoms with Crippen molar-refractivity contribution in [1.82, 2.24) is 9.97 Å². The van der Waals surface area contributed by atoms with Crippen LogP contribution in [0.4, 0.5) is 5.95 Å². The maximum Gasteiger partial charge on any atom is 0.239 e. The highest BCUT2D eigenvalue weighted by Crippen LogP contribution is 2.27. The molecule has 0 aliphatic rings. The maximum atomic E-state index is 5.86. The lowest BCUT2D eigenvalue weighted by Gasteiger charge is -2.16. The number of methoxy groups -OCH3 is 1. The van der Waals surface area contributed by atoms with E-state index < -0.39 is 0 Å². The van der Waals surface area contributed by atoms with E-state index in [4.69, 9.17) is 16.3 Å². The third-order valence-electron chi connectivity index (χ3n) is 2.37. The van der Waals surface area contributed by atoms with Crippen LogP contribution in [0.5, 0.6) is 5.88 Å². The number of ether oxygens (including phenoxy) is 1. The summed E-state index contributed by atoms with van der Waals surface area (Å²) in [5.41, 5.74) is 0.866. The van der Waals surface area contributed by atoms with E-state index in [-0.39, 0.29) is 0 Å². The van der Waals surface area contributed by atoms with E-state index in [1.165, 1.54) is 11.9 Å². The second kappa shape index (κ2) is 6.12. The molecule has 0 saturated carbocycles. The van der Waals surface area contributed by atoms with Crippen molar-refractivity contribution < 1.29 is 4.74 Å². The smallest absolute Gasteiger partial charge is 0.239 e. The molecule has 0 fully saturated rings. The van der Waals surface area contributed by atoms with Gasteiger partial charge < -0.3 is 4.74 Å². The van der Waals surface area contributed by atoms with Gasteiger partial charge in [-0.2, -0.15) is 4.98 Å². The highest BCUT2D eigenvalue weighted by Gasteiger charge is 2.09. The molecule has 2 aromatic rings. The van der Waals surface area contributed by atoms with Crippen molar-refractivity contribution in [3.8, 4) is 5.88 Å². The average molecular weight is 296 g/mol. The lowest BCUT2D eigenvalue weighted by atomic mass is 10.4. The van der Waals surface area contributed by atoms with E-state index in [1.54, 1.807) is 13.2 Å². The Balaban J connectivity index is 2.17. The molecule has 0 bridgehead atoms. The zero-order valence-electron chi connectivity index (χ0n) is 10.9. The van der Waals surface area contributed by atoms with Crippen molar-refractivity contribution in [1.29, 1.82) is 0 Å². The second-order valence-electron chi connectivity index (χ2n) is 3.89. The topological polar surface area (TPSA) is 38.2 Å². The molecule has 0 unspecified atom stereocenters. The first-order chi connectivity index (χ1) is 9.08. The number of nitrogens with zero attached hydrogens (tertiary/aromatic N) is 3. The fourth-order valence-electron chi connectivity index (χ4n) is 1.46. The molecule has 2 rings (SSSR count). The molecule has 0 amide bonds. The summed E-state index contributed by atoms with van der Waals surface area (Å²) in [5.74, 6) is 1.17. The van der Waals surface area contributed by atoms with Crippen molar-refractivity contribution in [3.05, 3.63) is 41.0 Å². The molecule has 0 spiro atoms. The van der Waals surface area contributed by atoms with Crippen molar-refractivity contribution >= 4 is 29.5 Å². The predicted octanol–water partition coefficient (Wildman–Crippen LogP) is 3.59. The molecule has 0 atom stereocenters. The number of anilines is 1. The lowest BCUT2D eigenvalue weighted by molar-refractivity contribution is 0.397. The summed E-state index contributed by atoms with van der Waals surface area (Å²) < 4.78 is 7.03. The summed E-state index contributed by atoms with van der Waals surface area (Å²) in [6.45, 7) is 1.91. The SMILES string of the molecule is COc1cc(C)nc(N(C)Sc2ccc(Cl)cc2)n1. The molecule has 19 heavy (non-hydrogen) atoms. The monoisotopic (exact) mass is 295 g/mol. The molecule has 0 saturated heterocycles. The third-order valence-corrected chi connectivity index (χ3v) is 3.54. The van der Waals surface area contributed by atoms with Crippen LogP contribution in [0.2, 0.25) is 5.02 Å². The van der Waals surface area contributed by atoms with E-state index in [1.807, 2.05) is 42.5 Å². The first-order valence-corrected chi connectivity index (χ1v) is 6.80. The minimum absolute atomic E-state index is 0.561. The van der Waals surface area contributed by atoms with Gasteiger partial charge >= 0.3 is 0 Å². The Morgan fingerprint density at radius 1 is 1.21 bits per heavy atom. The lowest BCUT2D eigenvalue weighted by Crippen LogP contribution is -2.11. The van der Waals surface area contributed by atoms with Gasteiger partial charge in [0.25, 0.3) is 0 Å². The molecule has 100 valence electrons. The van der Waals surface area contributed by atoms with Gasteiger partial charge in [-0.25, -0.2) is 4.98 Å². The third kappa shape index (κ3) is 3.75. The fourth-order valence-corrected chi connectivity index (χ4v) is 2.33. The van der Waals surface area contributed by atoms with Crippen molar-refractivity contribution in [3.63, 3.8) is 0 Å². The molecule has 1 aromatic carbocycles. The highest BCUT2D eigenvalue weighted by molar-refractivity contribution is 8.00. The van der Waals surface area contributed by atoms with Crippen LogP contribution in [0, 0.1) is 6.92 Å². The quantitative estimate of drug-likeness (QED) is 0.806. The average Bonchev–Trinajstić information content (AvgIpc) is 2.40. The van der Waals surface area contributed by atoms with E-state index in [2.05, 4.69) is 9.97 Å². The summed E-state index contributed by atoms with van der Waals surface area (Å²) in [6.07, 6.45) is 0. The molecule has 0 N–H and O–H groups in total. The fraction of sp³-hybridized carbons (Fsp3) is 0.231. The van der Waals surface area contributed by atoms with Gasteiger partial charge in [-0.1, -0.05) is 11.6 Å². The van der Waals surface area contributed by atoms with Crippen LogP contribution in [0.3, 0.4) is 0 Å². The van der Waals surface area contributed by atoms with Crippen molar-refractivity contribution in [2.45, 2.75) is 11.8 Å². The van der Waals surface area contributed by atoms with E-state index in [0.717, 1.165) is 15.6 Å². The van der Waals surface area contributed by atoms with Crippen molar-refractivity contribution in [2.24, 2.45) is 0 Å². The van der Waals surface area contributed by atoms with E-state index in [0.29, 0.717) is 11.8 Å². The summed E-state index contributed by atoms with van der Waals surface area (Å²) in [5, 5.41) is 0.723. The van der Waals surface area contributed by atoms with Crippen LogP contribution in [0.15, 0.2) is 35.2 Å². The number of benzene rings is 1. The number of aryl methyl sites for hydroxylation is 1. The molecule has 0 aliphatic heterocycles. The van der Waals surface area contributed by atoms with Crippen molar-refractivity contribution in [2.75, 3.05) is 18.5 Å². The Morgan fingerprint density at radius 3 is 2.53 bits per heavy atom. The van der Waals surface area contributed by atoms with Crippen LogP contribution < -0.4 is 9.04 Å². The maximum absolute atomic E-state index is 5.86. The molecule has 1 heterocycles. The minimum Gasteiger partial charge on any atom is -0.481 e. The standard InChI is InChI=1S/C13H14ClN3OS/c1-9-8-12(18-3)16-13(15-9)17(2)19-11-6-4-10(14)5-7-11/h4-8H,1-3H3. The van der Waals surface area contributed by atoms with Crippen LogP contribution in [0.25, 0.3) is 0 Å². The minimum atomic E-state index is 0.561. The Hall–Kier alpha value is -1.46. The first kappa shape index (κ1) is 14.0. The molecule has 6 heteroatoms. The van der Waals surface area contributed by atoms with Crippen LogP contribution in [-0.2, 0) is 0 Å². The predicted molar refractivity (Wildman–Crippen MR) is 79.0 cm³/mol. The highest BCUT2D eigenvalue weighted by atomic mass is 35.5. The number of halogens is 1. The normalized spacial score (nSPS) is 10.3. The molecule has 1 aromatic heterocycles. The van der Waals surface area contributed by atoms with Gasteiger partial charge in [0.2, 0.25) is 11.8 Å². The first-order valence-electron chi connectivity index (χ1n) is 5.65.